The third-order valence-electron chi connectivity index (χ3n) is 6.64. The highest BCUT2D eigenvalue weighted by Gasteiger charge is 2.39. The fourth-order valence-electron chi connectivity index (χ4n) is 4.62. The molecule has 0 spiro atoms. The molecule has 0 aromatic heterocycles. The number of aliphatic hydroxyl groups is 1. The lowest BCUT2D eigenvalue weighted by Crippen LogP contribution is -2.44. The minimum Gasteiger partial charge on any atom is -0.478 e. The molecular formula is C28H35ClN2O5. The highest BCUT2D eigenvalue weighted by molar-refractivity contribution is 6.30. The summed E-state index contributed by atoms with van der Waals surface area (Å²) < 4.78 is 17.9. The second kappa shape index (κ2) is 13.2. The first-order valence-corrected chi connectivity index (χ1v) is 13.1. The minimum atomic E-state index is -0.573. The number of benzene rings is 2. The van der Waals surface area contributed by atoms with Crippen molar-refractivity contribution in [1.29, 1.82) is 0 Å². The number of carbonyl (C=O) groups excluding carboxylic acids is 1. The Morgan fingerprint density at radius 3 is 2.64 bits per heavy atom. The average Bonchev–Trinajstić information content (AvgIpc) is 3.37. The summed E-state index contributed by atoms with van der Waals surface area (Å²) in [6.45, 7) is 3.27. The molecule has 1 saturated heterocycles. The van der Waals surface area contributed by atoms with Crippen LogP contribution in [0.1, 0.15) is 36.5 Å². The van der Waals surface area contributed by atoms with Crippen LogP contribution in [0.4, 0.5) is 0 Å². The number of hydrogen-bond donors (Lipinski definition) is 2. The maximum absolute atomic E-state index is 12.7. The van der Waals surface area contributed by atoms with E-state index in [0.717, 1.165) is 31.2 Å². The van der Waals surface area contributed by atoms with Crippen LogP contribution in [0.2, 0.25) is 5.02 Å². The average molecular weight is 515 g/mol. The van der Waals surface area contributed by atoms with Crippen molar-refractivity contribution < 1.29 is 24.1 Å². The molecule has 0 radical (unpaired) electrons. The zero-order valence-electron chi connectivity index (χ0n) is 20.7. The lowest BCUT2D eigenvalue weighted by atomic mass is 9.91. The van der Waals surface area contributed by atoms with Crippen LogP contribution in [0.3, 0.4) is 0 Å². The van der Waals surface area contributed by atoms with Gasteiger partial charge in [0.15, 0.2) is 18.2 Å². The van der Waals surface area contributed by atoms with E-state index in [1.807, 2.05) is 43.3 Å². The van der Waals surface area contributed by atoms with Crippen molar-refractivity contribution in [2.24, 2.45) is 10.9 Å². The van der Waals surface area contributed by atoms with Gasteiger partial charge >= 0.3 is 0 Å². The molecule has 0 aliphatic carbocycles. The molecule has 1 amide bonds. The lowest BCUT2D eigenvalue weighted by Gasteiger charge is -2.35. The van der Waals surface area contributed by atoms with Crippen molar-refractivity contribution in [3.05, 3.63) is 70.2 Å². The SMILES string of the molecule is C[C@@H]1OC[C@H](C2=NC(C(=O)NCCc3ccc(Cl)cc3)CO2)[C@H](Cc2ccccc2CCCCO)O1. The summed E-state index contributed by atoms with van der Waals surface area (Å²) in [5, 5.41) is 12.8. The predicted octanol–water partition coefficient (Wildman–Crippen LogP) is 3.73. The number of carbonyl (C=O) groups is 1. The number of halogens is 1. The molecule has 4 rings (SSSR count). The van der Waals surface area contributed by atoms with Gasteiger partial charge in [-0.15, -0.1) is 0 Å². The number of nitrogens with zero attached hydrogens (tertiary/aromatic N) is 1. The lowest BCUT2D eigenvalue weighted by molar-refractivity contribution is -0.216. The minimum absolute atomic E-state index is 0.143. The van der Waals surface area contributed by atoms with Crippen molar-refractivity contribution in [3.8, 4) is 0 Å². The van der Waals surface area contributed by atoms with E-state index in [2.05, 4.69) is 22.4 Å². The third kappa shape index (κ3) is 7.29. The van der Waals surface area contributed by atoms with Crippen LogP contribution >= 0.6 is 11.6 Å². The normalized spacial score (nSPS) is 23.7. The first-order chi connectivity index (χ1) is 17.5. The second-order valence-electron chi connectivity index (χ2n) is 9.30. The van der Waals surface area contributed by atoms with Gasteiger partial charge in [-0.05, 0) is 67.9 Å². The second-order valence-corrected chi connectivity index (χ2v) is 9.73. The molecule has 2 aromatic carbocycles. The van der Waals surface area contributed by atoms with Crippen LogP contribution in [0.15, 0.2) is 53.5 Å². The molecule has 36 heavy (non-hydrogen) atoms. The molecular weight excluding hydrogens is 480 g/mol. The Bertz CT molecular complexity index is 1030. The van der Waals surface area contributed by atoms with Gasteiger partial charge in [-0.25, -0.2) is 4.99 Å². The Balaban J connectivity index is 1.37. The fourth-order valence-corrected chi connectivity index (χ4v) is 4.75. The Hall–Kier alpha value is -2.45. The Kier molecular flexibility index (Phi) is 9.75. The largest absolute Gasteiger partial charge is 0.478 e. The smallest absolute Gasteiger partial charge is 0.248 e. The van der Waals surface area contributed by atoms with Crippen LogP contribution in [0.5, 0.6) is 0 Å². The Morgan fingerprint density at radius 1 is 1.08 bits per heavy atom. The fraction of sp³-hybridized carbons (Fsp3) is 0.500. The number of rotatable bonds is 11. The van der Waals surface area contributed by atoms with Gasteiger partial charge in [-0.2, -0.15) is 0 Å². The quantitative estimate of drug-likeness (QED) is 0.446. The number of unbranched alkanes of at least 4 members (excludes halogenated alkanes) is 1. The van der Waals surface area contributed by atoms with Crippen LogP contribution < -0.4 is 5.32 Å². The van der Waals surface area contributed by atoms with Crippen LogP contribution in [-0.4, -0.2) is 61.7 Å². The number of nitrogens with one attached hydrogen (secondary N) is 1. The summed E-state index contributed by atoms with van der Waals surface area (Å²) in [4.78, 5) is 17.3. The first-order valence-electron chi connectivity index (χ1n) is 12.7. The molecule has 2 heterocycles. The molecule has 0 bridgehead atoms. The maximum Gasteiger partial charge on any atom is 0.248 e. The summed E-state index contributed by atoms with van der Waals surface area (Å²) in [6, 6.07) is 15.4. The molecule has 2 N–H and O–H groups in total. The van der Waals surface area contributed by atoms with E-state index in [1.165, 1.54) is 11.1 Å². The first kappa shape index (κ1) is 26.6. The van der Waals surface area contributed by atoms with E-state index >= 15 is 0 Å². The Labute approximate surface area is 217 Å². The molecule has 4 atom stereocenters. The maximum atomic E-state index is 12.7. The number of aliphatic hydroxyl groups excluding tert-OH is 1. The predicted molar refractivity (Wildman–Crippen MR) is 139 cm³/mol. The summed E-state index contributed by atoms with van der Waals surface area (Å²) in [5.74, 6) is 0.205. The van der Waals surface area contributed by atoms with E-state index in [-0.39, 0.29) is 37.4 Å². The highest BCUT2D eigenvalue weighted by atomic mass is 35.5. The molecule has 7 nitrogen and oxygen atoms in total. The van der Waals surface area contributed by atoms with Gasteiger partial charge < -0.3 is 24.6 Å². The highest BCUT2D eigenvalue weighted by Crippen LogP contribution is 2.28. The van der Waals surface area contributed by atoms with Crippen LogP contribution in [0, 0.1) is 5.92 Å². The van der Waals surface area contributed by atoms with E-state index in [4.69, 9.17) is 30.9 Å². The van der Waals surface area contributed by atoms with E-state index in [9.17, 15) is 4.79 Å². The zero-order chi connectivity index (χ0) is 25.3. The summed E-state index contributed by atoms with van der Waals surface area (Å²) >= 11 is 5.93. The van der Waals surface area contributed by atoms with Crippen molar-refractivity contribution in [3.63, 3.8) is 0 Å². The van der Waals surface area contributed by atoms with Crippen molar-refractivity contribution in [2.75, 3.05) is 26.4 Å². The molecule has 0 saturated carbocycles. The van der Waals surface area contributed by atoms with Gasteiger partial charge in [0.05, 0.1) is 18.6 Å². The van der Waals surface area contributed by atoms with Gasteiger partial charge in [-0.1, -0.05) is 48.0 Å². The molecule has 194 valence electrons. The molecule has 8 heteroatoms. The van der Waals surface area contributed by atoms with Crippen LogP contribution in [0.25, 0.3) is 0 Å². The van der Waals surface area contributed by atoms with E-state index in [1.54, 1.807) is 0 Å². The monoisotopic (exact) mass is 514 g/mol. The summed E-state index contributed by atoms with van der Waals surface area (Å²) in [5.41, 5.74) is 3.59. The molecule has 1 fully saturated rings. The number of ether oxygens (including phenoxy) is 3. The number of aliphatic imine (C=N–C) groups is 1. The van der Waals surface area contributed by atoms with Crippen LogP contribution in [-0.2, 0) is 38.3 Å². The number of amides is 1. The van der Waals surface area contributed by atoms with Crippen molar-refractivity contribution >= 4 is 23.4 Å². The van der Waals surface area contributed by atoms with Gasteiger partial charge in [0.1, 0.15) is 6.61 Å². The van der Waals surface area contributed by atoms with Gasteiger partial charge in [-0.3, -0.25) is 4.79 Å². The van der Waals surface area contributed by atoms with Gasteiger partial charge in [0.2, 0.25) is 5.91 Å². The van der Waals surface area contributed by atoms with Gasteiger partial charge in [0, 0.05) is 18.2 Å². The molecule has 2 aliphatic rings. The third-order valence-corrected chi connectivity index (χ3v) is 6.89. The van der Waals surface area contributed by atoms with Crippen molar-refractivity contribution in [2.45, 2.75) is 57.5 Å². The summed E-state index contributed by atoms with van der Waals surface area (Å²) in [7, 11) is 0. The molecule has 2 aliphatic heterocycles. The Morgan fingerprint density at radius 2 is 1.86 bits per heavy atom. The number of hydrogen-bond acceptors (Lipinski definition) is 6. The standard InChI is InChI=1S/C28H35ClN2O5/c1-19-34-17-24(26(36-19)16-22-8-3-2-6-21(22)7-4-5-15-32)28-31-25(18-35-28)27(33)30-14-13-20-9-11-23(29)12-10-20/h2-3,6,8-12,19,24-26,32H,4-5,7,13-18H2,1H3,(H,30,33)/t19-,24+,25?,26+/m1/s1. The topological polar surface area (TPSA) is 89.4 Å². The zero-order valence-corrected chi connectivity index (χ0v) is 21.5. The van der Waals surface area contributed by atoms with Crippen molar-refractivity contribution in [1.82, 2.24) is 5.32 Å². The number of aryl methyl sites for hydroxylation is 1. The van der Waals surface area contributed by atoms with E-state index < -0.39 is 6.04 Å². The van der Waals surface area contributed by atoms with Gasteiger partial charge in [0.25, 0.3) is 0 Å². The summed E-state index contributed by atoms with van der Waals surface area (Å²) in [6.07, 6.45) is 3.57. The van der Waals surface area contributed by atoms with E-state index in [0.29, 0.717) is 30.5 Å². The molecule has 2 aromatic rings. The molecule has 1 unspecified atom stereocenters.